The summed E-state index contributed by atoms with van der Waals surface area (Å²) in [4.78, 5) is 38.6. The van der Waals surface area contributed by atoms with Crippen molar-refractivity contribution in [1.29, 1.82) is 0 Å². The zero-order chi connectivity index (χ0) is 20.4. The molecule has 4 rings (SSSR count). The molecule has 1 aliphatic carbocycles. The van der Waals surface area contributed by atoms with Gasteiger partial charge in [0.15, 0.2) is 5.54 Å². The van der Waals surface area contributed by atoms with Crippen LogP contribution in [0.25, 0.3) is 11.0 Å². The number of imide groups is 1. The number of furan rings is 1. The Balaban J connectivity index is 1.39. The summed E-state index contributed by atoms with van der Waals surface area (Å²) in [7, 11) is 0. The molecular weight excluding hydrogens is 370 g/mol. The van der Waals surface area contributed by atoms with Crippen molar-refractivity contribution in [3.63, 3.8) is 0 Å². The van der Waals surface area contributed by atoms with Crippen molar-refractivity contribution in [2.24, 2.45) is 0 Å². The van der Waals surface area contributed by atoms with Crippen LogP contribution in [0.4, 0.5) is 4.79 Å². The lowest BCUT2D eigenvalue weighted by molar-refractivity contribution is -0.135. The first kappa shape index (κ1) is 19.2. The topological polar surface area (TPSA) is 91.7 Å². The van der Waals surface area contributed by atoms with Gasteiger partial charge in [0.2, 0.25) is 5.91 Å². The Morgan fingerprint density at radius 3 is 2.86 bits per heavy atom. The predicted octanol–water partition coefficient (Wildman–Crippen LogP) is 3.21. The molecule has 2 heterocycles. The number of hydrogen-bond acceptors (Lipinski definition) is 4. The van der Waals surface area contributed by atoms with Crippen molar-refractivity contribution >= 4 is 28.8 Å². The molecule has 0 bridgehead atoms. The normalized spacial score (nSPS) is 22.0. The largest absolute Gasteiger partial charge is 0.458 e. The zero-order valence-electron chi connectivity index (χ0n) is 16.5. The summed E-state index contributed by atoms with van der Waals surface area (Å²) < 4.78 is 5.79. The van der Waals surface area contributed by atoms with Crippen molar-refractivity contribution in [3.05, 3.63) is 47.7 Å². The molecule has 1 atom stereocenters. The van der Waals surface area contributed by atoms with Crippen LogP contribution in [-0.4, -0.2) is 35.8 Å². The number of fused-ring (bicyclic) bond motifs is 1. The number of carbonyl (C=O) groups excluding carboxylic acids is 3. The fraction of sp³-hybridized carbons (Fsp3) is 0.409. The zero-order valence-corrected chi connectivity index (χ0v) is 16.5. The SMILES string of the molecule is CC1(c2cc3ccccc3o2)NC(=O)N(CC(=O)NCCC2=CCCCC2)C1=O. The summed E-state index contributed by atoms with van der Waals surface area (Å²) in [5, 5.41) is 6.33. The van der Waals surface area contributed by atoms with Crippen molar-refractivity contribution in [3.8, 4) is 0 Å². The first-order chi connectivity index (χ1) is 14.0. The van der Waals surface area contributed by atoms with Gasteiger partial charge in [0.25, 0.3) is 5.91 Å². The first-order valence-electron chi connectivity index (χ1n) is 10.0. The van der Waals surface area contributed by atoms with Gasteiger partial charge in [-0.15, -0.1) is 0 Å². The molecule has 152 valence electrons. The molecule has 4 amide bonds. The molecule has 7 nitrogen and oxygen atoms in total. The minimum atomic E-state index is -1.33. The van der Waals surface area contributed by atoms with Crippen LogP contribution in [0.1, 0.15) is 44.8 Å². The van der Waals surface area contributed by atoms with E-state index in [1.165, 1.54) is 18.4 Å². The molecule has 0 spiro atoms. The van der Waals surface area contributed by atoms with Gasteiger partial charge in [0.05, 0.1) is 0 Å². The molecule has 1 fully saturated rings. The molecule has 2 N–H and O–H groups in total. The maximum atomic E-state index is 13.0. The Morgan fingerprint density at radius 1 is 1.28 bits per heavy atom. The maximum Gasteiger partial charge on any atom is 0.325 e. The molecule has 1 saturated heterocycles. The summed E-state index contributed by atoms with van der Waals surface area (Å²) in [6, 6.07) is 8.54. The lowest BCUT2D eigenvalue weighted by Gasteiger charge is -2.19. The van der Waals surface area contributed by atoms with Crippen molar-refractivity contribution in [2.75, 3.05) is 13.1 Å². The van der Waals surface area contributed by atoms with Gasteiger partial charge in [-0.2, -0.15) is 0 Å². The van der Waals surface area contributed by atoms with Gasteiger partial charge >= 0.3 is 6.03 Å². The van der Waals surface area contributed by atoms with Crippen LogP contribution in [0, 0.1) is 0 Å². The molecule has 1 aliphatic heterocycles. The quantitative estimate of drug-likeness (QED) is 0.580. The van der Waals surface area contributed by atoms with E-state index in [4.69, 9.17) is 4.42 Å². The van der Waals surface area contributed by atoms with E-state index in [1.807, 2.05) is 18.2 Å². The number of amides is 4. The Morgan fingerprint density at radius 2 is 2.10 bits per heavy atom. The van der Waals surface area contributed by atoms with Crippen LogP contribution in [0.15, 0.2) is 46.4 Å². The standard InChI is InChI=1S/C22H25N3O4/c1-22(18-13-16-9-5-6-10-17(16)29-18)20(27)25(21(28)24-22)14-19(26)23-12-11-15-7-3-2-4-8-15/h5-7,9-10,13H,2-4,8,11-12,14H2,1H3,(H,23,26)(H,24,28). The van der Waals surface area contributed by atoms with Gasteiger partial charge in [-0.05, 0) is 51.2 Å². The van der Waals surface area contributed by atoms with E-state index >= 15 is 0 Å². The summed E-state index contributed by atoms with van der Waals surface area (Å²) in [5.41, 5.74) is 0.673. The molecule has 0 radical (unpaired) electrons. The molecule has 29 heavy (non-hydrogen) atoms. The van der Waals surface area contributed by atoms with Crippen molar-refractivity contribution < 1.29 is 18.8 Å². The maximum absolute atomic E-state index is 13.0. The van der Waals surface area contributed by atoms with Gasteiger partial charge in [0.1, 0.15) is 17.9 Å². The van der Waals surface area contributed by atoms with Crippen LogP contribution in [0.5, 0.6) is 0 Å². The third-order valence-electron chi connectivity index (χ3n) is 5.65. The van der Waals surface area contributed by atoms with E-state index in [1.54, 1.807) is 19.1 Å². The van der Waals surface area contributed by atoms with Crippen molar-refractivity contribution in [2.45, 2.75) is 44.6 Å². The summed E-state index contributed by atoms with van der Waals surface area (Å²) in [6.45, 7) is 1.80. The number of nitrogens with one attached hydrogen (secondary N) is 2. The van der Waals surface area contributed by atoms with Crippen LogP contribution in [-0.2, 0) is 15.1 Å². The summed E-state index contributed by atoms with van der Waals surface area (Å²) >= 11 is 0. The Hall–Kier alpha value is -3.09. The second-order valence-electron chi connectivity index (χ2n) is 7.80. The first-order valence-corrected chi connectivity index (χ1v) is 10.0. The lowest BCUT2D eigenvalue weighted by atomic mass is 9.97. The van der Waals surface area contributed by atoms with E-state index in [-0.39, 0.29) is 12.5 Å². The fourth-order valence-electron chi connectivity index (χ4n) is 3.93. The van der Waals surface area contributed by atoms with Crippen molar-refractivity contribution in [1.82, 2.24) is 15.5 Å². The van der Waals surface area contributed by atoms with E-state index in [2.05, 4.69) is 16.7 Å². The Bertz CT molecular complexity index is 960. The van der Waals surface area contributed by atoms with E-state index in [0.717, 1.165) is 29.5 Å². The minimum Gasteiger partial charge on any atom is -0.458 e. The third kappa shape index (κ3) is 3.77. The molecule has 2 aromatic rings. The molecule has 1 aromatic carbocycles. The van der Waals surface area contributed by atoms with Gasteiger partial charge < -0.3 is 15.1 Å². The average Bonchev–Trinajstić information content (AvgIpc) is 3.25. The number of carbonyl (C=O) groups is 3. The highest BCUT2D eigenvalue weighted by Gasteiger charge is 2.51. The number of urea groups is 1. The number of allylic oxidation sites excluding steroid dienone is 1. The highest BCUT2D eigenvalue weighted by atomic mass is 16.3. The number of nitrogens with zero attached hydrogens (tertiary/aromatic N) is 1. The van der Waals surface area contributed by atoms with Crippen LogP contribution < -0.4 is 10.6 Å². The van der Waals surface area contributed by atoms with Gasteiger partial charge in [-0.3, -0.25) is 14.5 Å². The van der Waals surface area contributed by atoms with Gasteiger partial charge in [0, 0.05) is 11.9 Å². The molecule has 1 unspecified atom stereocenters. The monoisotopic (exact) mass is 395 g/mol. The van der Waals surface area contributed by atoms with Crippen LogP contribution in [0.2, 0.25) is 0 Å². The average molecular weight is 395 g/mol. The fourth-order valence-corrected chi connectivity index (χ4v) is 3.93. The van der Waals surface area contributed by atoms with E-state index in [0.29, 0.717) is 17.9 Å². The molecule has 0 saturated carbocycles. The number of benzene rings is 1. The van der Waals surface area contributed by atoms with Crippen LogP contribution in [0.3, 0.4) is 0 Å². The number of hydrogen-bond donors (Lipinski definition) is 2. The van der Waals surface area contributed by atoms with Gasteiger partial charge in [-0.25, -0.2) is 4.79 Å². The predicted molar refractivity (Wildman–Crippen MR) is 108 cm³/mol. The highest BCUT2D eigenvalue weighted by molar-refractivity contribution is 6.09. The number of rotatable bonds is 6. The van der Waals surface area contributed by atoms with E-state index < -0.39 is 17.5 Å². The molecule has 1 aromatic heterocycles. The Labute approximate surface area is 169 Å². The van der Waals surface area contributed by atoms with Gasteiger partial charge in [-0.1, -0.05) is 29.8 Å². The summed E-state index contributed by atoms with van der Waals surface area (Å²) in [5.74, 6) is -0.491. The lowest BCUT2D eigenvalue weighted by Crippen LogP contribution is -2.43. The molecule has 2 aliphatic rings. The second kappa shape index (κ2) is 7.73. The highest BCUT2D eigenvalue weighted by Crippen LogP contribution is 2.32. The Kier molecular flexibility index (Phi) is 5.13. The number of para-hydroxylation sites is 1. The van der Waals surface area contributed by atoms with Crippen LogP contribution >= 0.6 is 0 Å². The molecular formula is C22H25N3O4. The minimum absolute atomic E-state index is 0.306. The second-order valence-corrected chi connectivity index (χ2v) is 7.80. The molecule has 7 heteroatoms. The van der Waals surface area contributed by atoms with E-state index in [9.17, 15) is 14.4 Å². The smallest absolute Gasteiger partial charge is 0.325 e. The summed E-state index contributed by atoms with van der Waals surface area (Å²) in [6.07, 6.45) is 7.66. The third-order valence-corrected chi connectivity index (χ3v) is 5.65.